The van der Waals surface area contributed by atoms with Gasteiger partial charge in [0, 0.05) is 11.9 Å². The number of fused-ring (bicyclic) bond motifs is 4. The van der Waals surface area contributed by atoms with Crippen molar-refractivity contribution in [3.05, 3.63) is 72.3 Å². The van der Waals surface area contributed by atoms with Gasteiger partial charge in [0.05, 0.1) is 30.3 Å². The lowest BCUT2D eigenvalue weighted by Gasteiger charge is -2.19. The molecular formula is C28H29N3O2. The molecule has 0 aliphatic heterocycles. The number of hydrogen-bond donors (Lipinski definition) is 0. The van der Waals surface area contributed by atoms with Crippen molar-refractivity contribution in [2.45, 2.75) is 39.2 Å². The Morgan fingerprint density at radius 2 is 1.55 bits per heavy atom. The number of aromatic nitrogens is 3. The van der Waals surface area contributed by atoms with Crippen LogP contribution in [-0.2, 0) is 12.0 Å². The first kappa shape index (κ1) is 21.3. The Balaban J connectivity index is 1.41. The van der Waals surface area contributed by atoms with E-state index in [1.165, 1.54) is 5.56 Å². The van der Waals surface area contributed by atoms with Crippen molar-refractivity contribution < 1.29 is 9.47 Å². The smallest absolute Gasteiger partial charge is 0.160 e. The Hall–Kier alpha value is -3.60. The summed E-state index contributed by atoms with van der Waals surface area (Å²) in [5.41, 5.74) is 6.15. The second kappa shape index (κ2) is 8.39. The van der Waals surface area contributed by atoms with Gasteiger partial charge in [-0.3, -0.25) is 0 Å². The Labute approximate surface area is 194 Å². The van der Waals surface area contributed by atoms with E-state index in [9.17, 15) is 0 Å². The van der Waals surface area contributed by atoms with Crippen LogP contribution >= 0.6 is 0 Å². The Morgan fingerprint density at radius 1 is 0.848 bits per heavy atom. The van der Waals surface area contributed by atoms with Gasteiger partial charge in [-0.2, -0.15) is 0 Å². The van der Waals surface area contributed by atoms with Crippen molar-refractivity contribution in [3.63, 3.8) is 0 Å². The monoisotopic (exact) mass is 439 g/mol. The lowest BCUT2D eigenvalue weighted by molar-refractivity contribution is 0.303. The highest BCUT2D eigenvalue weighted by Gasteiger charge is 2.16. The number of methoxy groups -OCH3 is 1. The summed E-state index contributed by atoms with van der Waals surface area (Å²) in [6, 6.07) is 22.6. The van der Waals surface area contributed by atoms with Gasteiger partial charge < -0.3 is 14.0 Å². The number of para-hydroxylation sites is 2. The fraction of sp³-hybridized carbons (Fsp3) is 0.286. The van der Waals surface area contributed by atoms with Crippen LogP contribution in [-0.4, -0.2) is 28.3 Å². The van der Waals surface area contributed by atoms with Gasteiger partial charge in [-0.25, -0.2) is 9.97 Å². The summed E-state index contributed by atoms with van der Waals surface area (Å²) >= 11 is 0. The fourth-order valence-electron chi connectivity index (χ4n) is 4.23. The van der Waals surface area contributed by atoms with Gasteiger partial charge in [0.2, 0.25) is 0 Å². The average molecular weight is 440 g/mol. The first-order chi connectivity index (χ1) is 15.9. The number of hydrogen-bond acceptors (Lipinski definition) is 4. The highest BCUT2D eigenvalue weighted by molar-refractivity contribution is 6.06. The molecule has 5 rings (SSSR count). The zero-order valence-electron chi connectivity index (χ0n) is 19.6. The normalized spacial score (nSPS) is 12.0. The van der Waals surface area contributed by atoms with E-state index < -0.39 is 0 Å². The highest BCUT2D eigenvalue weighted by Crippen LogP contribution is 2.31. The SMILES string of the molecule is COc1ccc2c(c1)c1nc3ccccc3nc1n2CCCOc1ccc(C(C)(C)C)cc1. The van der Waals surface area contributed by atoms with Crippen molar-refractivity contribution in [2.75, 3.05) is 13.7 Å². The molecule has 0 radical (unpaired) electrons. The summed E-state index contributed by atoms with van der Waals surface area (Å²) < 4.78 is 13.7. The van der Waals surface area contributed by atoms with Crippen LogP contribution in [0, 0.1) is 0 Å². The maximum Gasteiger partial charge on any atom is 0.160 e. The van der Waals surface area contributed by atoms with E-state index in [0.717, 1.165) is 57.6 Å². The van der Waals surface area contributed by atoms with Gasteiger partial charge >= 0.3 is 0 Å². The van der Waals surface area contributed by atoms with Crippen LogP contribution in [0.2, 0.25) is 0 Å². The summed E-state index contributed by atoms with van der Waals surface area (Å²) in [4.78, 5) is 9.89. The molecule has 2 aromatic heterocycles. The largest absolute Gasteiger partial charge is 0.497 e. The minimum atomic E-state index is 0.142. The van der Waals surface area contributed by atoms with Crippen molar-refractivity contribution in [2.24, 2.45) is 0 Å². The van der Waals surface area contributed by atoms with Crippen molar-refractivity contribution in [1.82, 2.24) is 14.5 Å². The lowest BCUT2D eigenvalue weighted by atomic mass is 9.87. The summed E-state index contributed by atoms with van der Waals surface area (Å²) in [6.45, 7) is 8.08. The van der Waals surface area contributed by atoms with Crippen LogP contribution in [0.15, 0.2) is 66.7 Å². The van der Waals surface area contributed by atoms with Gasteiger partial charge in [0.1, 0.15) is 17.0 Å². The molecule has 0 atom stereocenters. The molecule has 5 heteroatoms. The van der Waals surface area contributed by atoms with Crippen LogP contribution in [0.1, 0.15) is 32.8 Å². The van der Waals surface area contributed by atoms with Crippen LogP contribution < -0.4 is 9.47 Å². The van der Waals surface area contributed by atoms with Crippen LogP contribution in [0.4, 0.5) is 0 Å². The quantitative estimate of drug-likeness (QED) is 0.283. The molecule has 0 aliphatic carbocycles. The summed E-state index contributed by atoms with van der Waals surface area (Å²) in [7, 11) is 1.69. The maximum atomic E-state index is 6.03. The van der Waals surface area contributed by atoms with Gasteiger partial charge in [0.25, 0.3) is 0 Å². The molecular weight excluding hydrogens is 410 g/mol. The standard InChI is InChI=1S/C28H29N3O2/c1-28(2,3)19-10-12-20(13-11-19)33-17-7-16-31-25-15-14-21(32-4)18-22(25)26-27(31)30-24-9-6-5-8-23(24)29-26/h5-6,8-15,18H,7,16-17H2,1-4H3. The van der Waals surface area contributed by atoms with Crippen molar-refractivity contribution in [3.8, 4) is 11.5 Å². The average Bonchev–Trinajstić information content (AvgIpc) is 3.12. The van der Waals surface area contributed by atoms with Gasteiger partial charge in [-0.15, -0.1) is 0 Å². The van der Waals surface area contributed by atoms with Gasteiger partial charge in [-0.05, 0) is 59.9 Å². The number of benzene rings is 3. The molecule has 2 heterocycles. The summed E-state index contributed by atoms with van der Waals surface area (Å²) in [5.74, 6) is 1.72. The van der Waals surface area contributed by atoms with Gasteiger partial charge in [-0.1, -0.05) is 45.0 Å². The topological polar surface area (TPSA) is 49.2 Å². The third-order valence-electron chi connectivity index (χ3n) is 6.07. The predicted molar refractivity (Wildman–Crippen MR) is 134 cm³/mol. The molecule has 0 saturated heterocycles. The Kier molecular flexibility index (Phi) is 5.41. The number of nitrogens with zero attached hydrogens (tertiary/aromatic N) is 3. The van der Waals surface area contributed by atoms with E-state index in [2.05, 4.69) is 55.7 Å². The van der Waals surface area contributed by atoms with Crippen LogP contribution in [0.25, 0.3) is 33.1 Å². The predicted octanol–water partition coefficient (Wildman–Crippen LogP) is 6.51. The van der Waals surface area contributed by atoms with E-state index in [4.69, 9.17) is 19.4 Å². The number of ether oxygens (including phenoxy) is 2. The van der Waals surface area contributed by atoms with E-state index in [0.29, 0.717) is 6.61 Å². The van der Waals surface area contributed by atoms with E-state index in [-0.39, 0.29) is 5.41 Å². The highest BCUT2D eigenvalue weighted by atomic mass is 16.5. The van der Waals surface area contributed by atoms with E-state index >= 15 is 0 Å². The molecule has 0 amide bonds. The van der Waals surface area contributed by atoms with E-state index in [1.807, 2.05) is 36.4 Å². The zero-order chi connectivity index (χ0) is 23.0. The fourth-order valence-corrected chi connectivity index (χ4v) is 4.23. The molecule has 5 aromatic rings. The first-order valence-corrected chi connectivity index (χ1v) is 11.4. The first-order valence-electron chi connectivity index (χ1n) is 11.4. The molecule has 0 saturated carbocycles. The van der Waals surface area contributed by atoms with Crippen molar-refractivity contribution >= 4 is 33.1 Å². The maximum absolute atomic E-state index is 6.03. The molecule has 0 N–H and O–H groups in total. The third-order valence-corrected chi connectivity index (χ3v) is 6.07. The molecule has 0 fully saturated rings. The third kappa shape index (κ3) is 4.11. The van der Waals surface area contributed by atoms with Gasteiger partial charge in [0.15, 0.2) is 5.65 Å². The zero-order valence-corrected chi connectivity index (χ0v) is 19.6. The van der Waals surface area contributed by atoms with Crippen molar-refractivity contribution in [1.29, 1.82) is 0 Å². The number of aryl methyl sites for hydroxylation is 1. The molecule has 168 valence electrons. The summed E-state index contributed by atoms with van der Waals surface area (Å²) in [6.07, 6.45) is 0.862. The molecule has 5 nitrogen and oxygen atoms in total. The number of rotatable bonds is 6. The Bertz CT molecular complexity index is 1430. The second-order valence-electron chi connectivity index (χ2n) is 9.40. The minimum Gasteiger partial charge on any atom is -0.497 e. The molecule has 0 unspecified atom stereocenters. The molecule has 0 bridgehead atoms. The molecule has 0 aliphatic rings. The van der Waals surface area contributed by atoms with E-state index in [1.54, 1.807) is 7.11 Å². The minimum absolute atomic E-state index is 0.142. The molecule has 0 spiro atoms. The van der Waals surface area contributed by atoms with Crippen LogP contribution in [0.5, 0.6) is 11.5 Å². The summed E-state index contributed by atoms with van der Waals surface area (Å²) in [5, 5.41) is 1.06. The second-order valence-corrected chi connectivity index (χ2v) is 9.40. The molecule has 33 heavy (non-hydrogen) atoms. The lowest BCUT2D eigenvalue weighted by Crippen LogP contribution is -2.10. The van der Waals surface area contributed by atoms with Crippen LogP contribution in [0.3, 0.4) is 0 Å². The Morgan fingerprint density at radius 3 is 2.24 bits per heavy atom. The molecule has 3 aromatic carbocycles.